The predicted molar refractivity (Wildman–Crippen MR) is 121 cm³/mol. The normalized spacial score (nSPS) is 14.6. The number of aromatic amines is 1. The van der Waals surface area contributed by atoms with E-state index in [1.54, 1.807) is 12.1 Å². The van der Waals surface area contributed by atoms with E-state index < -0.39 is 11.7 Å². The summed E-state index contributed by atoms with van der Waals surface area (Å²) in [5, 5.41) is 13.6. The number of amides is 1. The maximum absolute atomic E-state index is 13.8. The zero-order valence-corrected chi connectivity index (χ0v) is 18.0. The lowest BCUT2D eigenvalue weighted by Crippen LogP contribution is -2.37. The van der Waals surface area contributed by atoms with E-state index in [-0.39, 0.29) is 22.6 Å². The SMILES string of the molecule is O=C(NC(=NC1CCCC1)Nc1cc(-c2ccc(Cl)cc2)[nH]n1)c1ccc(Cl)c(F)c1. The summed E-state index contributed by atoms with van der Waals surface area (Å²) < 4.78 is 13.8. The largest absolute Gasteiger partial charge is 0.309 e. The van der Waals surface area contributed by atoms with Crippen molar-refractivity contribution < 1.29 is 9.18 Å². The Bertz CT molecular complexity index is 1110. The Balaban J connectivity index is 1.53. The van der Waals surface area contributed by atoms with Gasteiger partial charge in [-0.15, -0.1) is 0 Å². The standard InChI is InChI=1S/C22H20Cl2FN5O/c23-15-8-5-13(6-9-15)19-12-20(30-29-19)27-22(26-16-3-1-2-4-16)28-21(31)14-7-10-17(24)18(25)11-14/h5-12,16H,1-4H2,(H3,26,27,28,29,30,31). The first kappa shape index (κ1) is 21.3. The van der Waals surface area contributed by atoms with Gasteiger partial charge in [-0.25, -0.2) is 9.38 Å². The highest BCUT2D eigenvalue weighted by molar-refractivity contribution is 6.31. The van der Waals surface area contributed by atoms with E-state index >= 15 is 0 Å². The van der Waals surface area contributed by atoms with Crippen molar-refractivity contribution in [2.24, 2.45) is 4.99 Å². The number of rotatable bonds is 4. The predicted octanol–water partition coefficient (Wildman–Crippen LogP) is 5.66. The highest BCUT2D eigenvalue weighted by Crippen LogP contribution is 2.23. The second kappa shape index (κ2) is 9.49. The molecule has 6 nitrogen and oxygen atoms in total. The van der Waals surface area contributed by atoms with Gasteiger partial charge in [-0.05, 0) is 48.7 Å². The van der Waals surface area contributed by atoms with Crippen molar-refractivity contribution in [3.05, 3.63) is 70.0 Å². The summed E-state index contributed by atoms with van der Waals surface area (Å²) in [4.78, 5) is 17.3. The van der Waals surface area contributed by atoms with Gasteiger partial charge in [0.2, 0.25) is 5.96 Å². The molecular weight excluding hydrogens is 440 g/mol. The van der Waals surface area contributed by atoms with Crippen LogP contribution in [0.15, 0.2) is 53.5 Å². The highest BCUT2D eigenvalue weighted by Gasteiger charge is 2.18. The van der Waals surface area contributed by atoms with Gasteiger partial charge in [0.25, 0.3) is 5.91 Å². The quantitative estimate of drug-likeness (QED) is 0.347. The highest BCUT2D eigenvalue weighted by atomic mass is 35.5. The second-order valence-electron chi connectivity index (χ2n) is 7.30. The van der Waals surface area contributed by atoms with Crippen LogP contribution < -0.4 is 10.6 Å². The van der Waals surface area contributed by atoms with Crippen molar-refractivity contribution >= 4 is 40.9 Å². The van der Waals surface area contributed by atoms with Crippen molar-refractivity contribution in [1.29, 1.82) is 0 Å². The average molecular weight is 460 g/mol. The Morgan fingerprint density at radius 1 is 1.10 bits per heavy atom. The number of hydrogen-bond acceptors (Lipinski definition) is 3. The van der Waals surface area contributed by atoms with Crippen LogP contribution in [0.1, 0.15) is 36.0 Å². The van der Waals surface area contributed by atoms with E-state index in [4.69, 9.17) is 23.2 Å². The molecule has 1 aromatic heterocycles. The third kappa shape index (κ3) is 5.42. The van der Waals surface area contributed by atoms with E-state index in [0.29, 0.717) is 10.8 Å². The van der Waals surface area contributed by atoms with Gasteiger partial charge < -0.3 is 5.32 Å². The van der Waals surface area contributed by atoms with Crippen LogP contribution in [0, 0.1) is 5.82 Å². The van der Waals surface area contributed by atoms with E-state index in [9.17, 15) is 9.18 Å². The number of nitrogens with zero attached hydrogens (tertiary/aromatic N) is 2. The number of halogens is 3. The first-order valence-corrected chi connectivity index (χ1v) is 10.7. The molecule has 0 radical (unpaired) electrons. The molecule has 0 bridgehead atoms. The lowest BCUT2D eigenvalue weighted by molar-refractivity contribution is 0.0976. The lowest BCUT2D eigenvalue weighted by atomic mass is 10.1. The Kier molecular flexibility index (Phi) is 6.53. The van der Waals surface area contributed by atoms with Crippen LogP contribution in [0.3, 0.4) is 0 Å². The van der Waals surface area contributed by atoms with Crippen LogP contribution in [0.4, 0.5) is 10.2 Å². The van der Waals surface area contributed by atoms with Crippen molar-refractivity contribution in [3.63, 3.8) is 0 Å². The van der Waals surface area contributed by atoms with Crippen LogP contribution >= 0.6 is 23.2 Å². The fraction of sp³-hybridized carbons (Fsp3) is 0.227. The Morgan fingerprint density at radius 3 is 2.55 bits per heavy atom. The average Bonchev–Trinajstić information content (AvgIpc) is 3.43. The zero-order valence-electron chi connectivity index (χ0n) is 16.5. The fourth-order valence-electron chi connectivity index (χ4n) is 3.41. The summed E-state index contributed by atoms with van der Waals surface area (Å²) in [5.74, 6) is -0.393. The summed E-state index contributed by atoms with van der Waals surface area (Å²) in [5.41, 5.74) is 1.84. The number of aromatic nitrogens is 2. The van der Waals surface area contributed by atoms with Crippen LogP contribution in [-0.2, 0) is 0 Å². The Hall–Kier alpha value is -2.90. The van der Waals surface area contributed by atoms with Crippen molar-refractivity contribution in [2.75, 3.05) is 5.32 Å². The van der Waals surface area contributed by atoms with Gasteiger partial charge in [0.15, 0.2) is 5.82 Å². The van der Waals surface area contributed by atoms with Gasteiger partial charge in [0.05, 0.1) is 16.8 Å². The molecule has 1 heterocycles. The van der Waals surface area contributed by atoms with Crippen LogP contribution in [0.25, 0.3) is 11.3 Å². The Labute approximate surface area is 188 Å². The molecule has 160 valence electrons. The fourth-order valence-corrected chi connectivity index (χ4v) is 3.66. The zero-order chi connectivity index (χ0) is 21.8. The monoisotopic (exact) mass is 459 g/mol. The molecule has 0 aliphatic heterocycles. The second-order valence-corrected chi connectivity index (χ2v) is 8.14. The van der Waals surface area contributed by atoms with Crippen molar-refractivity contribution in [2.45, 2.75) is 31.7 Å². The smallest absolute Gasteiger partial charge is 0.258 e. The summed E-state index contributed by atoms with van der Waals surface area (Å²) in [6.07, 6.45) is 4.10. The molecule has 3 aromatic rings. The van der Waals surface area contributed by atoms with Crippen LogP contribution in [-0.4, -0.2) is 28.1 Å². The first-order valence-electron chi connectivity index (χ1n) is 9.90. The number of carbonyl (C=O) groups excluding carboxylic acids is 1. The summed E-state index contributed by atoms with van der Waals surface area (Å²) >= 11 is 11.7. The number of guanidine groups is 1. The molecule has 0 spiro atoms. The molecule has 1 amide bonds. The topological polar surface area (TPSA) is 82.2 Å². The van der Waals surface area contributed by atoms with E-state index in [2.05, 4.69) is 25.8 Å². The number of nitrogens with one attached hydrogen (secondary N) is 3. The molecule has 1 saturated carbocycles. The van der Waals surface area contributed by atoms with Crippen LogP contribution in [0.2, 0.25) is 10.0 Å². The van der Waals surface area contributed by atoms with E-state index in [1.807, 2.05) is 18.2 Å². The maximum atomic E-state index is 13.8. The number of carbonyl (C=O) groups is 1. The molecule has 0 unspecified atom stereocenters. The minimum atomic E-state index is -0.656. The molecule has 2 aromatic carbocycles. The molecule has 1 aliphatic carbocycles. The number of H-pyrrole nitrogens is 1. The summed E-state index contributed by atoms with van der Waals surface area (Å²) in [6.45, 7) is 0. The van der Waals surface area contributed by atoms with E-state index in [1.165, 1.54) is 12.1 Å². The van der Waals surface area contributed by atoms with Gasteiger partial charge in [-0.2, -0.15) is 5.10 Å². The maximum Gasteiger partial charge on any atom is 0.258 e. The summed E-state index contributed by atoms with van der Waals surface area (Å²) in [6, 6.07) is 13.2. The van der Waals surface area contributed by atoms with Gasteiger partial charge in [0, 0.05) is 16.7 Å². The minimum Gasteiger partial charge on any atom is -0.309 e. The van der Waals surface area contributed by atoms with Gasteiger partial charge in [0.1, 0.15) is 5.82 Å². The van der Waals surface area contributed by atoms with Gasteiger partial charge in [-0.3, -0.25) is 15.2 Å². The molecular formula is C22H20Cl2FN5O. The molecule has 9 heteroatoms. The Morgan fingerprint density at radius 2 is 1.84 bits per heavy atom. The number of hydrogen-bond donors (Lipinski definition) is 3. The van der Waals surface area contributed by atoms with Crippen molar-refractivity contribution in [3.8, 4) is 11.3 Å². The van der Waals surface area contributed by atoms with Gasteiger partial charge >= 0.3 is 0 Å². The molecule has 0 saturated heterocycles. The molecule has 1 fully saturated rings. The number of benzene rings is 2. The third-order valence-corrected chi connectivity index (χ3v) is 5.59. The number of aliphatic imine (C=N–C) groups is 1. The van der Waals surface area contributed by atoms with Crippen LogP contribution in [0.5, 0.6) is 0 Å². The van der Waals surface area contributed by atoms with Gasteiger partial charge in [-0.1, -0.05) is 48.2 Å². The first-order chi connectivity index (χ1) is 15.0. The molecule has 1 aliphatic rings. The number of anilines is 1. The summed E-state index contributed by atoms with van der Waals surface area (Å²) in [7, 11) is 0. The van der Waals surface area contributed by atoms with E-state index in [0.717, 1.165) is 43.0 Å². The molecule has 31 heavy (non-hydrogen) atoms. The minimum absolute atomic E-state index is 0.0410. The third-order valence-electron chi connectivity index (χ3n) is 5.03. The molecule has 4 rings (SSSR count). The molecule has 0 atom stereocenters. The van der Waals surface area contributed by atoms with Crippen molar-refractivity contribution in [1.82, 2.24) is 15.5 Å². The molecule has 3 N–H and O–H groups in total. The lowest BCUT2D eigenvalue weighted by Gasteiger charge is -2.12.